The molecule has 0 saturated heterocycles. The topological polar surface area (TPSA) is 66.4 Å². The Morgan fingerprint density at radius 1 is 1.04 bits per heavy atom. The smallest absolute Gasteiger partial charge is 0.240 e. The predicted molar refractivity (Wildman–Crippen MR) is 94.3 cm³/mol. The summed E-state index contributed by atoms with van der Waals surface area (Å²) in [5.41, 5.74) is 1.79. The third-order valence-electron chi connectivity index (χ3n) is 4.63. The number of benzene rings is 2. The molecule has 1 aliphatic rings. The Hall–Kier alpha value is -1.69. The highest BCUT2D eigenvalue weighted by Crippen LogP contribution is 2.25. The molecule has 2 N–H and O–H groups in total. The minimum absolute atomic E-state index is 0.0730. The number of fused-ring (bicyclic) bond motifs is 1. The van der Waals surface area contributed by atoms with Crippen LogP contribution in [-0.2, 0) is 28.5 Å². The molecule has 1 unspecified atom stereocenters. The fourth-order valence-electron chi connectivity index (χ4n) is 3.10. The van der Waals surface area contributed by atoms with E-state index in [2.05, 4.69) is 4.72 Å². The maximum absolute atomic E-state index is 12.6. The van der Waals surface area contributed by atoms with Crippen LogP contribution >= 0.6 is 0 Å². The fraction of sp³-hybridized carbons (Fsp3) is 0.368. The quantitative estimate of drug-likeness (QED) is 0.876. The van der Waals surface area contributed by atoms with Gasteiger partial charge in [-0.25, -0.2) is 13.1 Å². The number of aliphatic hydroxyl groups is 1. The number of rotatable bonds is 5. The second-order valence-corrected chi connectivity index (χ2v) is 8.37. The Labute approximate surface area is 143 Å². The lowest BCUT2D eigenvalue weighted by Gasteiger charge is -2.24. The summed E-state index contributed by atoms with van der Waals surface area (Å²) in [6.45, 7) is 1.54. The molecular weight excluding hydrogens is 322 g/mol. The molecule has 0 spiro atoms. The van der Waals surface area contributed by atoms with Crippen molar-refractivity contribution in [2.45, 2.75) is 43.1 Å². The van der Waals surface area contributed by atoms with E-state index in [9.17, 15) is 13.5 Å². The first kappa shape index (κ1) is 17.1. The lowest BCUT2D eigenvalue weighted by Crippen LogP contribution is -2.38. The van der Waals surface area contributed by atoms with E-state index in [4.69, 9.17) is 0 Å². The molecule has 1 atom stereocenters. The molecule has 0 amide bonds. The van der Waals surface area contributed by atoms with Crippen molar-refractivity contribution in [1.82, 2.24) is 4.72 Å². The van der Waals surface area contributed by atoms with Gasteiger partial charge >= 0.3 is 0 Å². The van der Waals surface area contributed by atoms with Gasteiger partial charge in [0.05, 0.1) is 4.90 Å². The summed E-state index contributed by atoms with van der Waals surface area (Å²) < 4.78 is 27.7. The van der Waals surface area contributed by atoms with Gasteiger partial charge < -0.3 is 5.11 Å². The van der Waals surface area contributed by atoms with Crippen LogP contribution in [0, 0.1) is 0 Å². The van der Waals surface area contributed by atoms with Crippen LogP contribution in [0.1, 0.15) is 36.5 Å². The summed E-state index contributed by atoms with van der Waals surface area (Å²) in [6, 6.07) is 14.4. The van der Waals surface area contributed by atoms with E-state index in [1.165, 1.54) is 5.56 Å². The Balaban J connectivity index is 1.77. The highest BCUT2D eigenvalue weighted by molar-refractivity contribution is 7.89. The van der Waals surface area contributed by atoms with Crippen LogP contribution in [0.3, 0.4) is 0 Å². The summed E-state index contributed by atoms with van der Waals surface area (Å²) in [6.07, 6.45) is 4.22. The van der Waals surface area contributed by atoms with Crippen LogP contribution in [0.15, 0.2) is 53.4 Å². The molecule has 2 aromatic carbocycles. The molecule has 24 heavy (non-hydrogen) atoms. The Morgan fingerprint density at radius 3 is 2.42 bits per heavy atom. The van der Waals surface area contributed by atoms with Crippen molar-refractivity contribution < 1.29 is 13.5 Å². The summed E-state index contributed by atoms with van der Waals surface area (Å²) >= 11 is 0. The number of aryl methyl sites for hydroxylation is 2. The molecule has 5 heteroatoms. The number of nitrogens with one attached hydrogen (secondary N) is 1. The SMILES string of the molecule is CC(O)(CNS(=O)(=O)c1ccc2c(c1)CCCC2)c1ccccc1. The zero-order valence-electron chi connectivity index (χ0n) is 13.8. The Morgan fingerprint density at radius 2 is 1.71 bits per heavy atom. The van der Waals surface area contributed by atoms with Crippen molar-refractivity contribution in [3.63, 3.8) is 0 Å². The molecule has 0 saturated carbocycles. The van der Waals surface area contributed by atoms with E-state index in [0.29, 0.717) is 5.56 Å². The van der Waals surface area contributed by atoms with Gasteiger partial charge in [0.1, 0.15) is 5.60 Å². The summed E-state index contributed by atoms with van der Waals surface area (Å²) in [5.74, 6) is 0. The van der Waals surface area contributed by atoms with Crippen molar-refractivity contribution in [2.75, 3.05) is 6.54 Å². The number of hydrogen-bond acceptors (Lipinski definition) is 3. The van der Waals surface area contributed by atoms with Gasteiger partial charge in [-0.05, 0) is 61.4 Å². The van der Waals surface area contributed by atoms with Crippen LogP contribution in [0.4, 0.5) is 0 Å². The molecule has 128 valence electrons. The zero-order chi connectivity index (χ0) is 17.2. The predicted octanol–water partition coefficient (Wildman–Crippen LogP) is 2.75. The first-order chi connectivity index (χ1) is 11.4. The Bertz CT molecular complexity index is 814. The van der Waals surface area contributed by atoms with Crippen molar-refractivity contribution >= 4 is 10.0 Å². The van der Waals surface area contributed by atoms with Crippen molar-refractivity contribution in [3.05, 3.63) is 65.2 Å². The van der Waals surface area contributed by atoms with Gasteiger partial charge in [0.15, 0.2) is 0 Å². The average Bonchev–Trinajstić information content (AvgIpc) is 2.60. The average molecular weight is 345 g/mol. The lowest BCUT2D eigenvalue weighted by atomic mass is 9.92. The van der Waals surface area contributed by atoms with Gasteiger partial charge in [0, 0.05) is 6.54 Å². The van der Waals surface area contributed by atoms with E-state index < -0.39 is 15.6 Å². The molecule has 4 nitrogen and oxygen atoms in total. The third kappa shape index (κ3) is 3.69. The molecule has 0 radical (unpaired) electrons. The van der Waals surface area contributed by atoms with Crippen LogP contribution in [0.25, 0.3) is 0 Å². The van der Waals surface area contributed by atoms with Gasteiger partial charge in [-0.15, -0.1) is 0 Å². The van der Waals surface area contributed by atoms with Crippen molar-refractivity contribution in [2.24, 2.45) is 0 Å². The van der Waals surface area contributed by atoms with Crippen molar-refractivity contribution in [3.8, 4) is 0 Å². The standard InChI is InChI=1S/C19H23NO3S/c1-19(21,17-9-3-2-4-10-17)14-20-24(22,23)18-12-11-15-7-5-6-8-16(15)13-18/h2-4,9-13,20-21H,5-8,14H2,1H3. The molecule has 0 heterocycles. The third-order valence-corrected chi connectivity index (χ3v) is 6.03. The highest BCUT2D eigenvalue weighted by atomic mass is 32.2. The van der Waals surface area contributed by atoms with Crippen LogP contribution in [-0.4, -0.2) is 20.1 Å². The van der Waals surface area contributed by atoms with Crippen LogP contribution in [0.2, 0.25) is 0 Å². The molecule has 1 aliphatic carbocycles. The first-order valence-corrected chi connectivity index (χ1v) is 9.76. The lowest BCUT2D eigenvalue weighted by molar-refractivity contribution is 0.0627. The summed E-state index contributed by atoms with van der Waals surface area (Å²) in [7, 11) is -3.64. The molecule has 0 fully saturated rings. The molecule has 3 rings (SSSR count). The van der Waals surface area contributed by atoms with E-state index in [0.717, 1.165) is 31.2 Å². The second-order valence-electron chi connectivity index (χ2n) is 6.60. The van der Waals surface area contributed by atoms with Gasteiger partial charge in [-0.3, -0.25) is 0 Å². The largest absolute Gasteiger partial charge is 0.384 e. The van der Waals surface area contributed by atoms with E-state index in [-0.39, 0.29) is 11.4 Å². The highest BCUT2D eigenvalue weighted by Gasteiger charge is 2.26. The van der Waals surface area contributed by atoms with E-state index in [1.807, 2.05) is 24.3 Å². The van der Waals surface area contributed by atoms with E-state index >= 15 is 0 Å². The Kier molecular flexibility index (Phi) is 4.76. The number of sulfonamides is 1. The maximum Gasteiger partial charge on any atom is 0.240 e. The van der Waals surface area contributed by atoms with Gasteiger partial charge in [0.2, 0.25) is 10.0 Å². The van der Waals surface area contributed by atoms with Gasteiger partial charge in [0.25, 0.3) is 0 Å². The van der Waals surface area contributed by atoms with Crippen LogP contribution in [0.5, 0.6) is 0 Å². The fourth-order valence-corrected chi connectivity index (χ4v) is 4.28. The molecule has 0 aromatic heterocycles. The minimum Gasteiger partial charge on any atom is -0.384 e. The summed E-state index contributed by atoms with van der Waals surface area (Å²) in [5, 5.41) is 10.6. The molecule has 2 aromatic rings. The molecule has 0 aliphatic heterocycles. The van der Waals surface area contributed by atoms with Crippen LogP contribution < -0.4 is 4.72 Å². The zero-order valence-corrected chi connectivity index (χ0v) is 14.6. The maximum atomic E-state index is 12.6. The van der Waals surface area contributed by atoms with Gasteiger partial charge in [-0.2, -0.15) is 0 Å². The monoisotopic (exact) mass is 345 g/mol. The summed E-state index contributed by atoms with van der Waals surface area (Å²) in [4.78, 5) is 0.270. The van der Waals surface area contributed by atoms with Crippen molar-refractivity contribution in [1.29, 1.82) is 0 Å². The molecule has 0 bridgehead atoms. The normalized spacial score (nSPS) is 17.1. The first-order valence-electron chi connectivity index (χ1n) is 8.28. The number of hydrogen-bond donors (Lipinski definition) is 2. The van der Waals surface area contributed by atoms with Gasteiger partial charge in [-0.1, -0.05) is 36.4 Å². The molecular formula is C19H23NO3S. The second kappa shape index (κ2) is 6.67. The minimum atomic E-state index is -3.64. The van der Waals surface area contributed by atoms with E-state index in [1.54, 1.807) is 31.2 Å².